The number of fused-ring (bicyclic) bond motifs is 3. The third kappa shape index (κ3) is 9.60. The minimum atomic E-state index is -0.878. The molecular weight excluding hydrogens is 624 g/mol. The van der Waals surface area contributed by atoms with Crippen LogP contribution in [0.15, 0.2) is 145 Å². The Morgan fingerprint density at radius 1 is 0.489 bits per heavy atom. The molecule has 0 aliphatic heterocycles. The largest absolute Gasteiger partial charge is 0.478 e. The normalized spacial score (nSPS) is 11.3. The smallest absolute Gasteiger partial charge is 0.336 e. The molecule has 0 saturated carbocycles. The number of carboxylic acid groups (broad SMARTS) is 3. The summed E-state index contributed by atoms with van der Waals surface area (Å²) in [5.74, 6) is -2.63. The molecule has 0 bridgehead atoms. The Morgan fingerprint density at radius 2 is 0.787 bits per heavy atom. The third-order valence-electron chi connectivity index (χ3n) is 7.43. The summed E-state index contributed by atoms with van der Waals surface area (Å²) >= 11 is 0. The van der Waals surface area contributed by atoms with Crippen LogP contribution in [0.5, 0.6) is 0 Å². The van der Waals surface area contributed by atoms with Gasteiger partial charge in [-0.05, 0) is 50.5 Å². The van der Waals surface area contributed by atoms with Crippen LogP contribution in [0.25, 0.3) is 32.3 Å². The van der Waals surface area contributed by atoms with Crippen molar-refractivity contribution in [2.45, 2.75) is 20.3 Å². The fourth-order valence-electron chi connectivity index (χ4n) is 4.89. The summed E-state index contributed by atoms with van der Waals surface area (Å²) in [5, 5.41) is 31.9. The third-order valence-corrected chi connectivity index (χ3v) is 7.43. The Hall–Kier alpha value is -5.30. The Kier molecular flexibility index (Phi) is 13.4. The Labute approximate surface area is 288 Å². The number of benzene rings is 6. The Balaban J connectivity index is 0.000000173. The number of carboxylic acids is 3. The summed E-state index contributed by atoms with van der Waals surface area (Å²) < 4.78 is 0. The van der Waals surface area contributed by atoms with Crippen LogP contribution in [-0.4, -0.2) is 33.2 Å². The van der Waals surface area contributed by atoms with Crippen molar-refractivity contribution in [1.82, 2.24) is 0 Å². The molecule has 0 amide bonds. The second-order valence-corrected chi connectivity index (χ2v) is 10.4. The predicted octanol–water partition coefficient (Wildman–Crippen LogP) is 9.70. The molecule has 234 valence electrons. The second-order valence-electron chi connectivity index (χ2n) is 10.4. The molecule has 7 rings (SSSR count). The molecule has 6 aromatic carbocycles. The average molecular weight is 658 g/mol. The van der Waals surface area contributed by atoms with Gasteiger partial charge in [0.25, 0.3) is 0 Å². The first-order valence-electron chi connectivity index (χ1n) is 14.5. The number of hydrogen-bond donors (Lipinski definition) is 3. The summed E-state index contributed by atoms with van der Waals surface area (Å²) in [6, 6.07) is 38.2. The molecule has 0 spiro atoms. The van der Waals surface area contributed by atoms with E-state index in [1.54, 1.807) is 36.4 Å². The number of aromatic carboxylic acids is 3. The predicted molar refractivity (Wildman–Crippen MR) is 184 cm³/mol. The minimum absolute atomic E-state index is 0. The van der Waals surface area contributed by atoms with Crippen molar-refractivity contribution in [3.05, 3.63) is 167 Å². The van der Waals surface area contributed by atoms with Gasteiger partial charge in [-0.2, -0.15) is 6.08 Å². The van der Waals surface area contributed by atoms with Crippen molar-refractivity contribution in [2.75, 3.05) is 0 Å². The zero-order valence-corrected chi connectivity index (χ0v) is 27.5. The van der Waals surface area contributed by atoms with E-state index in [1.165, 1.54) is 11.1 Å². The fourth-order valence-corrected chi connectivity index (χ4v) is 4.89. The minimum Gasteiger partial charge on any atom is -0.478 e. The number of hydrogen-bond acceptors (Lipinski definition) is 3. The van der Waals surface area contributed by atoms with Gasteiger partial charge in [0.1, 0.15) is 0 Å². The second kappa shape index (κ2) is 17.4. The van der Waals surface area contributed by atoms with Crippen molar-refractivity contribution in [2.24, 2.45) is 0 Å². The van der Waals surface area contributed by atoms with Gasteiger partial charge in [0, 0.05) is 21.7 Å². The first-order valence-corrected chi connectivity index (χ1v) is 14.5. The SMILES string of the molecule is CC1=[C-]CC=C1C.O=C(O)c1cccc2ccccc12.O=C(O)c1cccc2ccccc12.O=C(O)c1cccc2ccccc12.[Ti]. The molecule has 1 aliphatic rings. The maximum atomic E-state index is 10.8. The van der Waals surface area contributed by atoms with Crippen LogP contribution in [0, 0.1) is 6.08 Å². The molecule has 0 fully saturated rings. The summed E-state index contributed by atoms with van der Waals surface area (Å²) in [7, 11) is 0. The van der Waals surface area contributed by atoms with Gasteiger partial charge in [-0.15, -0.1) is 13.3 Å². The van der Waals surface area contributed by atoms with Crippen LogP contribution in [0.4, 0.5) is 0 Å². The van der Waals surface area contributed by atoms with Crippen LogP contribution in [0.2, 0.25) is 0 Å². The molecular formula is C40H33O6Ti-. The van der Waals surface area contributed by atoms with Crippen LogP contribution < -0.4 is 0 Å². The van der Waals surface area contributed by atoms with Crippen molar-refractivity contribution < 1.29 is 51.4 Å². The van der Waals surface area contributed by atoms with Crippen molar-refractivity contribution in [3.8, 4) is 0 Å². The molecule has 7 heteroatoms. The van der Waals surface area contributed by atoms with Crippen LogP contribution in [0.3, 0.4) is 0 Å². The van der Waals surface area contributed by atoms with E-state index in [4.69, 9.17) is 15.3 Å². The van der Waals surface area contributed by atoms with Gasteiger partial charge >= 0.3 is 17.9 Å². The van der Waals surface area contributed by atoms with Crippen LogP contribution in [-0.2, 0) is 21.7 Å². The van der Waals surface area contributed by atoms with E-state index in [1.807, 2.05) is 91.0 Å². The molecule has 6 aromatic rings. The van der Waals surface area contributed by atoms with Crippen molar-refractivity contribution >= 4 is 50.2 Å². The molecule has 0 heterocycles. The van der Waals surface area contributed by atoms with E-state index in [-0.39, 0.29) is 21.7 Å². The summed E-state index contributed by atoms with van der Waals surface area (Å²) in [6.07, 6.45) is 6.41. The first kappa shape index (κ1) is 36.2. The molecule has 0 atom stereocenters. The van der Waals surface area contributed by atoms with Crippen LogP contribution in [0.1, 0.15) is 51.3 Å². The van der Waals surface area contributed by atoms with E-state index < -0.39 is 17.9 Å². The number of allylic oxidation sites excluding steroid dienone is 4. The van der Waals surface area contributed by atoms with Gasteiger partial charge in [-0.1, -0.05) is 116 Å². The monoisotopic (exact) mass is 657 g/mol. The quantitative estimate of drug-likeness (QED) is 0.129. The zero-order valence-electron chi connectivity index (χ0n) is 26.0. The van der Waals surface area contributed by atoms with Gasteiger partial charge in [-0.3, -0.25) is 6.08 Å². The fraction of sp³-hybridized carbons (Fsp3) is 0.0750. The summed E-state index contributed by atoms with van der Waals surface area (Å²) in [5.41, 5.74) is 3.79. The van der Waals surface area contributed by atoms with E-state index in [9.17, 15) is 14.4 Å². The molecule has 6 nitrogen and oxygen atoms in total. The number of rotatable bonds is 3. The van der Waals surface area contributed by atoms with Crippen LogP contribution >= 0.6 is 0 Å². The van der Waals surface area contributed by atoms with Crippen molar-refractivity contribution in [1.29, 1.82) is 0 Å². The maximum Gasteiger partial charge on any atom is 0.336 e. The van der Waals surface area contributed by atoms with Gasteiger partial charge in [0.05, 0.1) is 16.7 Å². The molecule has 0 unspecified atom stereocenters. The van der Waals surface area contributed by atoms with E-state index in [2.05, 4.69) is 26.0 Å². The summed E-state index contributed by atoms with van der Waals surface area (Å²) in [6.45, 7) is 4.22. The molecule has 0 aromatic heterocycles. The van der Waals surface area contributed by atoms with Gasteiger partial charge in [-0.25, -0.2) is 25.5 Å². The van der Waals surface area contributed by atoms with Gasteiger partial charge < -0.3 is 15.3 Å². The average Bonchev–Trinajstić information content (AvgIpc) is 3.46. The maximum absolute atomic E-state index is 10.8. The molecule has 0 saturated heterocycles. The Bertz CT molecular complexity index is 1850. The zero-order chi connectivity index (χ0) is 33.1. The van der Waals surface area contributed by atoms with Gasteiger partial charge in [0.2, 0.25) is 0 Å². The molecule has 3 N–H and O–H groups in total. The Morgan fingerprint density at radius 3 is 1.02 bits per heavy atom. The van der Waals surface area contributed by atoms with E-state index in [0.29, 0.717) is 16.7 Å². The van der Waals surface area contributed by atoms with Gasteiger partial charge in [0.15, 0.2) is 0 Å². The standard InChI is InChI=1S/3C11H8O2.C7H9.Ti/c3*12-11(13)10-7-3-5-8-4-1-2-6-9(8)10;1-6-4-3-5-7(6)2;/h3*1-7H,(H,12,13);4H,3H2,1-2H3;/q;;;-1;. The van der Waals surface area contributed by atoms with E-state index >= 15 is 0 Å². The van der Waals surface area contributed by atoms with Crippen molar-refractivity contribution in [3.63, 3.8) is 0 Å². The molecule has 1 aliphatic carbocycles. The topological polar surface area (TPSA) is 112 Å². The number of carbonyl (C=O) groups is 3. The van der Waals surface area contributed by atoms with E-state index in [0.717, 1.165) is 38.7 Å². The first-order chi connectivity index (χ1) is 22.2. The molecule has 47 heavy (non-hydrogen) atoms. The summed E-state index contributed by atoms with van der Waals surface area (Å²) in [4.78, 5) is 32.4. The molecule has 0 radical (unpaired) electrons.